The Kier molecular flexibility index (Phi) is 7.14. The molecular weight excluding hydrogens is 524 g/mol. The highest BCUT2D eigenvalue weighted by atomic mass is 16.7. The highest BCUT2D eigenvalue weighted by Gasteiger charge is 2.48. The summed E-state index contributed by atoms with van der Waals surface area (Å²) in [6.07, 6.45) is -0.0470. The molecule has 5 rings (SSSR count). The fourth-order valence-electron chi connectivity index (χ4n) is 4.71. The number of carbonyl (C=O) groups excluding carboxylic acids is 1. The van der Waals surface area contributed by atoms with Gasteiger partial charge < -0.3 is 43.4 Å². The van der Waals surface area contributed by atoms with Crippen LogP contribution < -0.4 is 28.4 Å². The lowest BCUT2D eigenvalue weighted by Gasteiger charge is -2.26. The predicted molar refractivity (Wildman–Crippen MR) is 139 cm³/mol. The maximum atomic E-state index is 13.4. The van der Waals surface area contributed by atoms with Gasteiger partial charge in [-0.05, 0) is 48.0 Å². The van der Waals surface area contributed by atoms with Crippen LogP contribution in [0.3, 0.4) is 0 Å². The molecule has 0 radical (unpaired) electrons. The fourth-order valence-corrected chi connectivity index (χ4v) is 4.71. The van der Waals surface area contributed by atoms with Crippen LogP contribution >= 0.6 is 0 Å². The van der Waals surface area contributed by atoms with E-state index >= 15 is 0 Å². The van der Waals surface area contributed by atoms with Crippen molar-refractivity contribution in [1.82, 2.24) is 0 Å². The minimum Gasteiger partial charge on any atom is -0.497 e. The van der Waals surface area contributed by atoms with E-state index in [1.807, 2.05) is 0 Å². The highest BCUT2D eigenvalue weighted by molar-refractivity contribution is 6.20. The van der Waals surface area contributed by atoms with Crippen LogP contribution in [0.2, 0.25) is 0 Å². The van der Waals surface area contributed by atoms with Gasteiger partial charge in [0.2, 0.25) is 12.5 Å². The van der Waals surface area contributed by atoms with Crippen LogP contribution in [-0.4, -0.2) is 56.9 Å². The van der Waals surface area contributed by atoms with Gasteiger partial charge in [0.25, 0.3) is 5.79 Å². The minimum atomic E-state index is -2.15. The lowest BCUT2D eigenvalue weighted by atomic mass is 9.87. The predicted octanol–water partition coefficient (Wildman–Crippen LogP) is 3.30. The number of aliphatic hydroxyl groups is 1. The molecule has 0 saturated heterocycles. The van der Waals surface area contributed by atoms with E-state index in [1.54, 1.807) is 54.6 Å². The van der Waals surface area contributed by atoms with E-state index < -0.39 is 24.3 Å². The molecule has 40 heavy (non-hydrogen) atoms. The van der Waals surface area contributed by atoms with Crippen molar-refractivity contribution in [3.05, 3.63) is 76.9 Å². The summed E-state index contributed by atoms with van der Waals surface area (Å²) in [7, 11) is 4.32. The van der Waals surface area contributed by atoms with Crippen molar-refractivity contribution in [2.45, 2.75) is 12.2 Å². The molecule has 1 atom stereocenters. The first kappa shape index (κ1) is 26.7. The average molecular weight is 551 g/mol. The van der Waals surface area contributed by atoms with E-state index in [0.717, 1.165) is 0 Å². The van der Waals surface area contributed by atoms with Crippen LogP contribution in [0.25, 0.3) is 5.57 Å². The van der Waals surface area contributed by atoms with Crippen LogP contribution in [0.4, 0.5) is 0 Å². The molecule has 2 heterocycles. The molecule has 3 aromatic carbocycles. The fraction of sp³-hybridized carbons (Fsp3) is 0.241. The van der Waals surface area contributed by atoms with E-state index in [0.29, 0.717) is 33.9 Å². The number of hydrogen-bond acceptors (Lipinski definition) is 10. The van der Waals surface area contributed by atoms with E-state index in [1.165, 1.54) is 21.3 Å². The second-order valence-electron chi connectivity index (χ2n) is 8.83. The van der Waals surface area contributed by atoms with Gasteiger partial charge in [-0.1, -0.05) is 12.1 Å². The monoisotopic (exact) mass is 550 g/mol. The molecule has 1 unspecified atom stereocenters. The number of benzene rings is 3. The molecular formula is C29H26O11. The standard InChI is InChI=1S/C29H26O11/c1-34-19-8-6-18(7-9-19)29(33)20(25(28(32)40-29)16-4-10-21-23(13-16)39-15-38-21)12-17-5-11-22(35-2)27(26(17)36-3)37-14-24(30)31/h4-11,13,33H,12,14-15H2,1-3H3,(H,30,31). The number of aliphatic carboxylic acids is 1. The van der Waals surface area contributed by atoms with Crippen molar-refractivity contribution in [1.29, 1.82) is 0 Å². The normalized spacial score (nSPS) is 17.4. The summed E-state index contributed by atoms with van der Waals surface area (Å²) >= 11 is 0. The van der Waals surface area contributed by atoms with Crippen molar-refractivity contribution in [3.8, 4) is 34.5 Å². The quantitative estimate of drug-likeness (QED) is 0.360. The Balaban J connectivity index is 1.68. The summed E-state index contributed by atoms with van der Waals surface area (Å²) in [5, 5.41) is 21.1. The van der Waals surface area contributed by atoms with Gasteiger partial charge in [0, 0.05) is 23.1 Å². The first-order valence-corrected chi connectivity index (χ1v) is 12.1. The number of carbonyl (C=O) groups is 2. The minimum absolute atomic E-state index is 0.0470. The molecule has 2 aliphatic heterocycles. The number of rotatable bonds is 10. The van der Waals surface area contributed by atoms with Gasteiger partial charge in [-0.25, -0.2) is 9.59 Å². The molecule has 0 bridgehead atoms. The van der Waals surface area contributed by atoms with E-state index in [9.17, 15) is 14.7 Å². The Morgan fingerprint density at radius 2 is 1.68 bits per heavy atom. The maximum Gasteiger partial charge on any atom is 0.342 e. The Hall–Kier alpha value is -4.90. The largest absolute Gasteiger partial charge is 0.497 e. The Labute approximate surface area is 229 Å². The van der Waals surface area contributed by atoms with Crippen LogP contribution in [0, 0.1) is 0 Å². The van der Waals surface area contributed by atoms with Gasteiger partial charge >= 0.3 is 11.9 Å². The number of hydrogen-bond donors (Lipinski definition) is 2. The van der Waals surface area contributed by atoms with Crippen molar-refractivity contribution < 1.29 is 53.0 Å². The van der Waals surface area contributed by atoms with Gasteiger partial charge in [-0.15, -0.1) is 0 Å². The summed E-state index contributed by atoms with van der Waals surface area (Å²) in [6, 6.07) is 14.7. The first-order valence-electron chi connectivity index (χ1n) is 12.1. The van der Waals surface area contributed by atoms with Crippen LogP contribution in [0.15, 0.2) is 60.2 Å². The molecule has 11 heteroatoms. The van der Waals surface area contributed by atoms with Crippen LogP contribution in [0.5, 0.6) is 34.5 Å². The van der Waals surface area contributed by atoms with E-state index in [4.69, 9.17) is 38.3 Å². The highest BCUT2D eigenvalue weighted by Crippen LogP contribution is 2.49. The average Bonchev–Trinajstić information content (AvgIpc) is 3.53. The molecule has 2 N–H and O–H groups in total. The number of carboxylic acid groups (broad SMARTS) is 1. The van der Waals surface area contributed by atoms with Gasteiger partial charge in [-0.3, -0.25) is 0 Å². The van der Waals surface area contributed by atoms with Crippen LogP contribution in [-0.2, 0) is 26.5 Å². The maximum absolute atomic E-state index is 13.4. The van der Waals surface area contributed by atoms with Gasteiger partial charge in [-0.2, -0.15) is 0 Å². The summed E-state index contributed by atoms with van der Waals surface area (Å²) in [6.45, 7) is -0.591. The Morgan fingerprint density at radius 1 is 0.925 bits per heavy atom. The van der Waals surface area contributed by atoms with E-state index in [-0.39, 0.29) is 41.6 Å². The zero-order valence-corrected chi connectivity index (χ0v) is 21.9. The summed E-state index contributed by atoms with van der Waals surface area (Å²) < 4.78 is 38.3. The lowest BCUT2D eigenvalue weighted by molar-refractivity contribution is -0.185. The molecule has 3 aromatic rings. The number of esters is 1. The molecule has 0 aromatic heterocycles. The number of carboxylic acids is 1. The molecule has 0 spiro atoms. The van der Waals surface area contributed by atoms with E-state index in [2.05, 4.69) is 0 Å². The SMILES string of the molecule is COc1ccc(C2(O)OC(=O)C(c3ccc4c(c3)OCO4)=C2Cc2ccc(OC)c(OCC(=O)O)c2OC)cc1. The lowest BCUT2D eigenvalue weighted by Crippen LogP contribution is -2.29. The number of methoxy groups -OCH3 is 3. The molecule has 208 valence electrons. The molecule has 0 aliphatic carbocycles. The third-order valence-electron chi connectivity index (χ3n) is 6.59. The zero-order valence-electron chi connectivity index (χ0n) is 21.9. The molecule has 2 aliphatic rings. The topological polar surface area (TPSA) is 139 Å². The van der Waals surface area contributed by atoms with Crippen molar-refractivity contribution in [2.24, 2.45) is 0 Å². The van der Waals surface area contributed by atoms with Crippen molar-refractivity contribution in [2.75, 3.05) is 34.7 Å². The number of cyclic esters (lactones) is 1. The summed E-state index contributed by atoms with van der Waals surface area (Å²) in [5.74, 6) is -2.08. The molecule has 0 amide bonds. The number of ether oxygens (including phenoxy) is 7. The first-order chi connectivity index (χ1) is 19.3. The second kappa shape index (κ2) is 10.7. The van der Waals surface area contributed by atoms with Gasteiger partial charge in [0.15, 0.2) is 29.6 Å². The summed E-state index contributed by atoms with van der Waals surface area (Å²) in [5.41, 5.74) is 1.56. The van der Waals surface area contributed by atoms with Gasteiger partial charge in [0.1, 0.15) is 5.75 Å². The third-order valence-corrected chi connectivity index (χ3v) is 6.59. The van der Waals surface area contributed by atoms with Gasteiger partial charge in [0.05, 0.1) is 26.9 Å². The second-order valence-corrected chi connectivity index (χ2v) is 8.83. The Bertz CT molecular complexity index is 1490. The number of fused-ring (bicyclic) bond motifs is 1. The third kappa shape index (κ3) is 4.71. The van der Waals surface area contributed by atoms with Crippen LogP contribution in [0.1, 0.15) is 16.7 Å². The Morgan fingerprint density at radius 3 is 2.35 bits per heavy atom. The van der Waals surface area contributed by atoms with Crippen molar-refractivity contribution >= 4 is 17.5 Å². The van der Waals surface area contributed by atoms with Crippen molar-refractivity contribution in [3.63, 3.8) is 0 Å². The molecule has 0 fully saturated rings. The molecule has 0 saturated carbocycles. The summed E-state index contributed by atoms with van der Waals surface area (Å²) in [4.78, 5) is 24.6. The smallest absolute Gasteiger partial charge is 0.342 e. The zero-order chi connectivity index (χ0) is 28.4. The molecule has 11 nitrogen and oxygen atoms in total.